The maximum Gasteiger partial charge on any atom is 0.338 e. The van der Waals surface area contributed by atoms with E-state index < -0.39 is 0 Å². The van der Waals surface area contributed by atoms with Crippen molar-refractivity contribution in [3.8, 4) is 5.75 Å². The number of hydrogen-bond acceptors (Lipinski definition) is 3. The molecule has 0 aliphatic rings. The third-order valence-corrected chi connectivity index (χ3v) is 4.87. The largest absolute Gasteiger partial charge is 0.508 e. The summed E-state index contributed by atoms with van der Waals surface area (Å²) in [5.74, 6) is -0.118. The highest BCUT2D eigenvalue weighted by atomic mass is 16.5. The first-order valence-corrected chi connectivity index (χ1v) is 10.7. The zero-order valence-corrected chi connectivity index (χ0v) is 16.8. The number of aromatic hydroxyl groups is 1. The Morgan fingerprint density at radius 2 is 1.35 bits per heavy atom. The number of rotatable bonds is 15. The second-order valence-electron chi connectivity index (χ2n) is 7.33. The lowest BCUT2D eigenvalue weighted by Crippen LogP contribution is -2.18. The monoisotopic (exact) mass is 362 g/mol. The molecule has 1 N–H and O–H groups in total. The van der Waals surface area contributed by atoms with Crippen molar-refractivity contribution in [3.63, 3.8) is 0 Å². The van der Waals surface area contributed by atoms with E-state index in [-0.39, 0.29) is 17.8 Å². The second-order valence-corrected chi connectivity index (χ2v) is 7.33. The molecule has 0 bridgehead atoms. The van der Waals surface area contributed by atoms with Gasteiger partial charge in [0.1, 0.15) is 11.9 Å². The molecule has 3 nitrogen and oxygen atoms in total. The number of hydrogen-bond donors (Lipinski definition) is 1. The average Bonchev–Trinajstić information content (AvgIpc) is 2.63. The Morgan fingerprint density at radius 3 is 1.88 bits per heavy atom. The summed E-state index contributed by atoms with van der Waals surface area (Å²) in [6.45, 7) is 4.38. The van der Waals surface area contributed by atoms with Crippen LogP contribution >= 0.6 is 0 Å². The van der Waals surface area contributed by atoms with Crippen LogP contribution in [0.15, 0.2) is 24.3 Å². The first-order valence-electron chi connectivity index (χ1n) is 10.7. The van der Waals surface area contributed by atoms with Gasteiger partial charge in [-0.1, -0.05) is 78.1 Å². The number of esters is 1. The summed E-state index contributed by atoms with van der Waals surface area (Å²) < 4.78 is 5.68. The minimum absolute atomic E-state index is 0.00958. The van der Waals surface area contributed by atoms with Crippen LogP contribution in [-0.4, -0.2) is 17.2 Å². The van der Waals surface area contributed by atoms with Crippen LogP contribution in [0.5, 0.6) is 5.75 Å². The molecule has 0 saturated carbocycles. The van der Waals surface area contributed by atoms with Gasteiger partial charge in [-0.25, -0.2) is 4.79 Å². The maximum absolute atomic E-state index is 12.2. The van der Waals surface area contributed by atoms with Crippen molar-refractivity contribution in [2.24, 2.45) is 0 Å². The molecule has 1 aromatic carbocycles. The van der Waals surface area contributed by atoms with Crippen LogP contribution in [-0.2, 0) is 4.74 Å². The van der Waals surface area contributed by atoms with E-state index in [1.54, 1.807) is 12.1 Å². The van der Waals surface area contributed by atoms with Gasteiger partial charge in [0.05, 0.1) is 5.56 Å². The van der Waals surface area contributed by atoms with E-state index in [1.165, 1.54) is 69.9 Å². The highest BCUT2D eigenvalue weighted by molar-refractivity contribution is 5.89. The molecule has 3 heteroatoms. The Morgan fingerprint density at radius 1 is 0.808 bits per heavy atom. The molecule has 0 saturated heterocycles. The van der Waals surface area contributed by atoms with E-state index in [2.05, 4.69) is 13.8 Å². The van der Waals surface area contributed by atoms with Gasteiger partial charge in [0.2, 0.25) is 0 Å². The molecule has 1 unspecified atom stereocenters. The Hall–Kier alpha value is -1.51. The second kappa shape index (κ2) is 14.6. The fraction of sp³-hybridized carbons (Fsp3) is 0.696. The van der Waals surface area contributed by atoms with Crippen LogP contribution in [0.4, 0.5) is 0 Å². The van der Waals surface area contributed by atoms with Crippen molar-refractivity contribution >= 4 is 5.97 Å². The van der Waals surface area contributed by atoms with Gasteiger partial charge in [-0.15, -0.1) is 0 Å². The normalized spacial score (nSPS) is 12.1. The first-order chi connectivity index (χ1) is 12.7. The summed E-state index contributed by atoms with van der Waals surface area (Å²) in [5.41, 5.74) is 0.506. The van der Waals surface area contributed by atoms with Crippen molar-refractivity contribution in [1.29, 1.82) is 0 Å². The molecule has 26 heavy (non-hydrogen) atoms. The number of benzene rings is 1. The summed E-state index contributed by atoms with van der Waals surface area (Å²) in [4.78, 5) is 12.2. The zero-order chi connectivity index (χ0) is 19.0. The maximum atomic E-state index is 12.2. The predicted molar refractivity (Wildman–Crippen MR) is 109 cm³/mol. The van der Waals surface area contributed by atoms with Crippen LogP contribution in [0.3, 0.4) is 0 Å². The van der Waals surface area contributed by atoms with Crippen molar-refractivity contribution in [2.75, 3.05) is 0 Å². The molecular formula is C23H38O3. The van der Waals surface area contributed by atoms with Crippen LogP contribution in [0.1, 0.15) is 108 Å². The molecular weight excluding hydrogens is 324 g/mol. The summed E-state index contributed by atoms with van der Waals surface area (Å²) in [5, 5.41) is 9.31. The third kappa shape index (κ3) is 10.5. The lowest BCUT2D eigenvalue weighted by molar-refractivity contribution is 0.0253. The molecule has 0 aliphatic heterocycles. The quantitative estimate of drug-likeness (QED) is 0.269. The first kappa shape index (κ1) is 22.5. The fourth-order valence-electron chi connectivity index (χ4n) is 3.26. The average molecular weight is 363 g/mol. The molecule has 0 aromatic heterocycles. The number of phenols is 1. The molecule has 148 valence electrons. The molecule has 0 radical (unpaired) electrons. The van der Waals surface area contributed by atoms with Crippen LogP contribution < -0.4 is 0 Å². The Kier molecular flexibility index (Phi) is 12.7. The van der Waals surface area contributed by atoms with Crippen LogP contribution in [0, 0.1) is 0 Å². The third-order valence-electron chi connectivity index (χ3n) is 4.87. The highest BCUT2D eigenvalue weighted by Crippen LogP contribution is 2.17. The van der Waals surface area contributed by atoms with Crippen LogP contribution in [0.2, 0.25) is 0 Å². The van der Waals surface area contributed by atoms with E-state index in [4.69, 9.17) is 4.74 Å². The minimum Gasteiger partial charge on any atom is -0.508 e. The standard InChI is InChI=1S/C23H38O3/c1-3-5-6-7-8-9-10-11-12-13-15-22(14-4-2)26-23(25)20-16-18-21(24)19-17-20/h16-19,22,24H,3-15H2,1-2H3. The Balaban J connectivity index is 2.16. The lowest BCUT2D eigenvalue weighted by atomic mass is 10.0. The van der Waals surface area contributed by atoms with E-state index in [0.717, 1.165) is 25.7 Å². The number of carbonyl (C=O) groups excluding carboxylic acids is 1. The highest BCUT2D eigenvalue weighted by Gasteiger charge is 2.15. The number of carbonyl (C=O) groups is 1. The van der Waals surface area contributed by atoms with Crippen molar-refractivity contribution in [1.82, 2.24) is 0 Å². The molecule has 0 spiro atoms. The molecule has 0 heterocycles. The van der Waals surface area contributed by atoms with Crippen molar-refractivity contribution in [2.45, 2.75) is 103 Å². The number of unbranched alkanes of at least 4 members (excludes halogenated alkanes) is 9. The summed E-state index contributed by atoms with van der Waals surface area (Å²) >= 11 is 0. The SMILES string of the molecule is CCCCCCCCCCCCC(CCC)OC(=O)c1ccc(O)cc1. The van der Waals surface area contributed by atoms with Gasteiger partial charge < -0.3 is 9.84 Å². The molecule has 0 fully saturated rings. The molecule has 1 aromatic rings. The van der Waals surface area contributed by atoms with E-state index in [0.29, 0.717) is 5.56 Å². The van der Waals surface area contributed by atoms with Gasteiger partial charge in [0, 0.05) is 0 Å². The van der Waals surface area contributed by atoms with Gasteiger partial charge >= 0.3 is 5.97 Å². The molecule has 0 amide bonds. The van der Waals surface area contributed by atoms with Crippen LogP contribution in [0.25, 0.3) is 0 Å². The topological polar surface area (TPSA) is 46.5 Å². The lowest BCUT2D eigenvalue weighted by Gasteiger charge is -2.17. The smallest absolute Gasteiger partial charge is 0.338 e. The zero-order valence-electron chi connectivity index (χ0n) is 16.8. The van der Waals surface area contributed by atoms with Crippen molar-refractivity contribution in [3.05, 3.63) is 29.8 Å². The fourth-order valence-corrected chi connectivity index (χ4v) is 3.26. The van der Waals surface area contributed by atoms with Gasteiger partial charge in [0.25, 0.3) is 0 Å². The Bertz CT molecular complexity index is 467. The Labute approximate surface area is 160 Å². The number of phenolic OH excluding ortho intramolecular Hbond substituents is 1. The van der Waals surface area contributed by atoms with Crippen molar-refractivity contribution < 1.29 is 14.6 Å². The van der Waals surface area contributed by atoms with Gasteiger partial charge in [-0.05, 0) is 43.5 Å². The predicted octanol–water partition coefficient (Wildman–Crippen LogP) is 7.03. The summed E-state index contributed by atoms with van der Waals surface area (Å²) in [6, 6.07) is 6.27. The minimum atomic E-state index is -0.282. The van der Waals surface area contributed by atoms with E-state index in [9.17, 15) is 9.90 Å². The summed E-state index contributed by atoms with van der Waals surface area (Å²) in [6.07, 6.45) is 16.1. The number of ether oxygens (including phenoxy) is 1. The molecule has 1 rings (SSSR count). The van der Waals surface area contributed by atoms with Gasteiger partial charge in [-0.2, -0.15) is 0 Å². The molecule has 0 aliphatic carbocycles. The van der Waals surface area contributed by atoms with Gasteiger partial charge in [-0.3, -0.25) is 0 Å². The van der Waals surface area contributed by atoms with Gasteiger partial charge in [0.15, 0.2) is 0 Å². The molecule has 1 atom stereocenters. The summed E-state index contributed by atoms with van der Waals surface area (Å²) in [7, 11) is 0. The van der Waals surface area contributed by atoms with E-state index >= 15 is 0 Å². The van der Waals surface area contributed by atoms with E-state index in [1.807, 2.05) is 0 Å².